The van der Waals surface area contributed by atoms with E-state index in [4.69, 9.17) is 11.6 Å². The van der Waals surface area contributed by atoms with Crippen LogP contribution in [0, 0.1) is 13.8 Å². The van der Waals surface area contributed by atoms with E-state index in [1.165, 1.54) is 29.5 Å². The first-order valence-electron chi connectivity index (χ1n) is 5.18. The Kier molecular flexibility index (Phi) is 2.80. The average Bonchev–Trinajstić information content (AvgIpc) is 2.63. The fraction of sp³-hybridized carbons (Fsp3) is 0.500. The van der Waals surface area contributed by atoms with Gasteiger partial charge in [0.2, 0.25) is 0 Å². The maximum Gasteiger partial charge on any atom is 0.0483 e. The van der Waals surface area contributed by atoms with Crippen LogP contribution in [-0.2, 0) is 0 Å². The zero-order chi connectivity index (χ0) is 10.1. The van der Waals surface area contributed by atoms with E-state index in [0.29, 0.717) is 6.04 Å². The van der Waals surface area contributed by atoms with Crippen molar-refractivity contribution in [2.75, 3.05) is 6.54 Å². The molecule has 1 heterocycles. The zero-order valence-corrected chi connectivity index (χ0v) is 9.49. The van der Waals surface area contributed by atoms with Crippen LogP contribution in [0.4, 0.5) is 0 Å². The predicted octanol–water partition coefficient (Wildman–Crippen LogP) is 3.38. The van der Waals surface area contributed by atoms with E-state index in [1.807, 2.05) is 0 Å². The van der Waals surface area contributed by atoms with Gasteiger partial charge in [-0.3, -0.25) is 0 Å². The van der Waals surface area contributed by atoms with E-state index < -0.39 is 0 Å². The molecule has 2 heteroatoms. The lowest BCUT2D eigenvalue weighted by atomic mass is 10.00. The highest BCUT2D eigenvalue weighted by Gasteiger charge is 2.19. The summed E-state index contributed by atoms with van der Waals surface area (Å²) in [5, 5.41) is 4.42. The number of benzene rings is 1. The molecule has 1 atom stereocenters. The van der Waals surface area contributed by atoms with E-state index in [0.717, 1.165) is 11.6 Å². The van der Waals surface area contributed by atoms with Crippen LogP contribution in [0.3, 0.4) is 0 Å². The molecule has 76 valence electrons. The summed E-state index contributed by atoms with van der Waals surface area (Å²) in [6.45, 7) is 5.32. The smallest absolute Gasteiger partial charge is 0.0483 e. The molecular weight excluding hydrogens is 194 g/mol. The van der Waals surface area contributed by atoms with Crippen LogP contribution in [0.1, 0.15) is 35.6 Å². The third kappa shape index (κ3) is 1.79. The van der Waals surface area contributed by atoms with Crippen LogP contribution in [0.15, 0.2) is 12.1 Å². The molecule has 14 heavy (non-hydrogen) atoms. The van der Waals surface area contributed by atoms with Gasteiger partial charge in [-0.05, 0) is 44.4 Å². The molecule has 1 nitrogen and oxygen atoms in total. The minimum atomic E-state index is 0.473. The predicted molar refractivity (Wildman–Crippen MR) is 60.9 cm³/mol. The van der Waals surface area contributed by atoms with Crippen LogP contribution >= 0.6 is 11.6 Å². The molecule has 1 aliphatic heterocycles. The van der Waals surface area contributed by atoms with Crippen LogP contribution in [-0.4, -0.2) is 6.54 Å². The summed E-state index contributed by atoms with van der Waals surface area (Å²) in [6, 6.07) is 4.82. The second-order valence-corrected chi connectivity index (χ2v) is 4.51. The van der Waals surface area contributed by atoms with E-state index in [1.54, 1.807) is 0 Å². The molecule has 1 aromatic carbocycles. The number of rotatable bonds is 1. The van der Waals surface area contributed by atoms with E-state index in [9.17, 15) is 0 Å². The quantitative estimate of drug-likeness (QED) is 0.748. The van der Waals surface area contributed by atoms with Crippen molar-refractivity contribution in [3.05, 3.63) is 33.8 Å². The molecule has 1 saturated heterocycles. The van der Waals surface area contributed by atoms with Gasteiger partial charge in [-0.1, -0.05) is 29.3 Å². The van der Waals surface area contributed by atoms with Crippen LogP contribution in [0.5, 0.6) is 0 Å². The van der Waals surface area contributed by atoms with Crippen molar-refractivity contribution in [3.8, 4) is 0 Å². The summed E-state index contributed by atoms with van der Waals surface area (Å²) in [6.07, 6.45) is 2.47. The van der Waals surface area contributed by atoms with Gasteiger partial charge in [-0.25, -0.2) is 0 Å². The minimum absolute atomic E-state index is 0.473. The van der Waals surface area contributed by atoms with Gasteiger partial charge in [0.05, 0.1) is 0 Å². The van der Waals surface area contributed by atoms with Gasteiger partial charge in [-0.15, -0.1) is 0 Å². The van der Waals surface area contributed by atoms with Gasteiger partial charge in [-0.2, -0.15) is 0 Å². The summed E-state index contributed by atoms with van der Waals surface area (Å²) in [5.41, 5.74) is 3.77. The van der Waals surface area contributed by atoms with Gasteiger partial charge >= 0.3 is 0 Å². The molecule has 1 fully saturated rings. The molecule has 0 aromatic heterocycles. The fourth-order valence-electron chi connectivity index (χ4n) is 2.19. The third-order valence-electron chi connectivity index (χ3n) is 2.86. The molecule has 0 bridgehead atoms. The molecule has 0 aliphatic carbocycles. The standard InChI is InChI=1S/C12H16ClN/c1-8-6-9(2)12(13)10(7-8)11-4-3-5-14-11/h6-7,11,14H,3-5H2,1-2H3. The molecule has 1 aromatic rings. The van der Waals surface area contributed by atoms with Gasteiger partial charge in [0.1, 0.15) is 0 Å². The molecule has 1 N–H and O–H groups in total. The second kappa shape index (κ2) is 3.92. The Hall–Kier alpha value is -0.530. The monoisotopic (exact) mass is 209 g/mol. The summed E-state index contributed by atoms with van der Waals surface area (Å²) in [4.78, 5) is 0. The minimum Gasteiger partial charge on any atom is -0.310 e. The third-order valence-corrected chi connectivity index (χ3v) is 3.38. The number of hydrogen-bond acceptors (Lipinski definition) is 1. The summed E-state index contributed by atoms with van der Waals surface area (Å²) < 4.78 is 0. The molecule has 0 spiro atoms. The SMILES string of the molecule is Cc1cc(C)c(Cl)c(C2CCCN2)c1. The molecule has 0 radical (unpaired) electrons. The Morgan fingerprint density at radius 3 is 2.79 bits per heavy atom. The summed E-state index contributed by atoms with van der Waals surface area (Å²) in [7, 11) is 0. The van der Waals surface area contributed by atoms with E-state index in [-0.39, 0.29) is 0 Å². The van der Waals surface area contributed by atoms with Crippen molar-refractivity contribution in [3.63, 3.8) is 0 Å². The Morgan fingerprint density at radius 2 is 2.14 bits per heavy atom. The largest absolute Gasteiger partial charge is 0.310 e. The number of hydrogen-bond donors (Lipinski definition) is 1. The first kappa shape index (κ1) is 10.0. The summed E-state index contributed by atoms with van der Waals surface area (Å²) in [5.74, 6) is 0. The molecule has 0 amide bonds. The van der Waals surface area contributed by atoms with Crippen molar-refractivity contribution in [1.29, 1.82) is 0 Å². The zero-order valence-electron chi connectivity index (χ0n) is 8.73. The Labute approximate surface area is 90.5 Å². The first-order chi connectivity index (χ1) is 6.68. The van der Waals surface area contributed by atoms with Crippen LogP contribution in [0.25, 0.3) is 0 Å². The normalized spacial score (nSPS) is 21.5. The van der Waals surface area contributed by atoms with Crippen molar-refractivity contribution in [1.82, 2.24) is 5.32 Å². The van der Waals surface area contributed by atoms with Gasteiger partial charge in [0.15, 0.2) is 0 Å². The lowest BCUT2D eigenvalue weighted by molar-refractivity contribution is 0.647. The van der Waals surface area contributed by atoms with E-state index >= 15 is 0 Å². The van der Waals surface area contributed by atoms with Crippen molar-refractivity contribution in [2.45, 2.75) is 32.7 Å². The average molecular weight is 210 g/mol. The Bertz CT molecular complexity index is 340. The maximum absolute atomic E-state index is 6.31. The van der Waals surface area contributed by atoms with Crippen molar-refractivity contribution in [2.24, 2.45) is 0 Å². The van der Waals surface area contributed by atoms with Gasteiger partial charge in [0, 0.05) is 11.1 Å². The Balaban J connectivity index is 2.40. The number of aryl methyl sites for hydroxylation is 2. The van der Waals surface area contributed by atoms with Gasteiger partial charge < -0.3 is 5.32 Å². The molecule has 1 unspecified atom stereocenters. The maximum atomic E-state index is 6.31. The van der Waals surface area contributed by atoms with Gasteiger partial charge in [0.25, 0.3) is 0 Å². The van der Waals surface area contributed by atoms with Crippen LogP contribution in [0.2, 0.25) is 5.02 Å². The van der Waals surface area contributed by atoms with Crippen molar-refractivity contribution >= 4 is 11.6 Å². The number of halogens is 1. The highest BCUT2D eigenvalue weighted by atomic mass is 35.5. The highest BCUT2D eigenvalue weighted by molar-refractivity contribution is 6.32. The first-order valence-corrected chi connectivity index (χ1v) is 5.56. The molecule has 1 aliphatic rings. The molecule has 2 rings (SSSR count). The highest BCUT2D eigenvalue weighted by Crippen LogP contribution is 2.32. The fourth-order valence-corrected chi connectivity index (χ4v) is 2.43. The Morgan fingerprint density at radius 1 is 1.36 bits per heavy atom. The lowest BCUT2D eigenvalue weighted by Crippen LogP contribution is -2.13. The summed E-state index contributed by atoms with van der Waals surface area (Å²) >= 11 is 6.31. The molecule has 0 saturated carbocycles. The second-order valence-electron chi connectivity index (χ2n) is 4.13. The van der Waals surface area contributed by atoms with E-state index in [2.05, 4.69) is 31.3 Å². The van der Waals surface area contributed by atoms with Crippen LogP contribution < -0.4 is 5.32 Å². The lowest BCUT2D eigenvalue weighted by Gasteiger charge is -2.15. The number of nitrogens with one attached hydrogen (secondary N) is 1. The molecular formula is C12H16ClN. The van der Waals surface area contributed by atoms with Crippen molar-refractivity contribution < 1.29 is 0 Å². The topological polar surface area (TPSA) is 12.0 Å².